The molecule has 12 heteroatoms. The minimum Gasteiger partial charge on any atom is -0.381 e. The lowest BCUT2D eigenvalue weighted by molar-refractivity contribution is 0.0553. The smallest absolute Gasteiger partial charge is 0.281 e. The first-order chi connectivity index (χ1) is 21.7. The minimum absolute atomic E-state index is 0.0789. The van der Waals surface area contributed by atoms with Crippen LogP contribution >= 0.6 is 0 Å². The molecule has 2 aliphatic heterocycles. The standard InChI is InChI=1S/C33H40N8O3S/c1-23-32(38(4)36-35-23)26-20-30-31(34-22-26)28-11-10-27(39-14-16-40(17-15-39)45(42,43)37(2)3)21-29(28)41(30)33(24-8-6-5-7-9-24)25-12-18-44-19-13-25/h5-11,20-22,25,33H,12-19H2,1-4H3/t33-/m1/s1. The van der Waals surface area contributed by atoms with Gasteiger partial charge in [0.05, 0.1) is 34.0 Å². The Balaban J connectivity index is 1.40. The summed E-state index contributed by atoms with van der Waals surface area (Å²) in [6, 6.07) is 19.7. The monoisotopic (exact) mass is 628 g/mol. The Hall–Kier alpha value is -3.84. The fraction of sp³-hybridized carbons (Fsp3) is 0.424. The Morgan fingerprint density at radius 2 is 1.69 bits per heavy atom. The zero-order chi connectivity index (χ0) is 31.3. The van der Waals surface area contributed by atoms with Crippen LogP contribution in [0.1, 0.15) is 30.1 Å². The summed E-state index contributed by atoms with van der Waals surface area (Å²) in [5.74, 6) is 0.382. The van der Waals surface area contributed by atoms with Crippen molar-refractivity contribution in [2.45, 2.75) is 25.8 Å². The van der Waals surface area contributed by atoms with Gasteiger partial charge in [-0.3, -0.25) is 4.98 Å². The Kier molecular flexibility index (Phi) is 7.84. The number of aromatic nitrogens is 5. The molecule has 7 rings (SSSR count). The number of anilines is 1. The third-order valence-corrected chi connectivity index (χ3v) is 11.4. The maximum atomic E-state index is 12.8. The number of hydrogen-bond donors (Lipinski definition) is 0. The summed E-state index contributed by atoms with van der Waals surface area (Å²) in [7, 11) is 1.65. The van der Waals surface area contributed by atoms with E-state index in [9.17, 15) is 8.42 Å². The quantitative estimate of drug-likeness (QED) is 0.266. The fourth-order valence-corrected chi connectivity index (χ4v) is 8.18. The van der Waals surface area contributed by atoms with Crippen LogP contribution in [0.15, 0.2) is 60.8 Å². The van der Waals surface area contributed by atoms with E-state index in [2.05, 4.69) is 74.4 Å². The van der Waals surface area contributed by atoms with Gasteiger partial charge >= 0.3 is 0 Å². The molecule has 0 bridgehead atoms. The van der Waals surface area contributed by atoms with E-state index in [4.69, 9.17) is 9.72 Å². The highest BCUT2D eigenvalue weighted by Crippen LogP contribution is 2.42. The van der Waals surface area contributed by atoms with Gasteiger partial charge in [-0.25, -0.2) is 4.68 Å². The largest absolute Gasteiger partial charge is 0.381 e. The molecule has 3 aromatic heterocycles. The molecule has 5 aromatic rings. The Labute approximate surface area is 264 Å². The summed E-state index contributed by atoms with van der Waals surface area (Å²) in [5.41, 5.74) is 8.30. The third-order valence-electron chi connectivity index (χ3n) is 9.41. The Morgan fingerprint density at radius 3 is 2.36 bits per heavy atom. The SMILES string of the molecule is Cc1nnn(C)c1-c1cnc2c3ccc(N4CCN(S(=O)(=O)N(C)C)CC4)cc3n([C@H](c3ccccc3)C3CCOCC3)c2c1. The molecule has 2 aliphatic rings. The van der Waals surface area contributed by atoms with E-state index in [1.807, 2.05) is 24.9 Å². The summed E-state index contributed by atoms with van der Waals surface area (Å²) in [4.78, 5) is 7.37. The van der Waals surface area contributed by atoms with E-state index in [0.29, 0.717) is 32.1 Å². The van der Waals surface area contributed by atoms with Crippen molar-refractivity contribution in [3.63, 3.8) is 0 Å². The van der Waals surface area contributed by atoms with E-state index < -0.39 is 10.2 Å². The van der Waals surface area contributed by atoms with Crippen LogP contribution in [0.4, 0.5) is 5.69 Å². The summed E-state index contributed by atoms with van der Waals surface area (Å²) < 4.78 is 38.5. The third kappa shape index (κ3) is 5.29. The summed E-state index contributed by atoms with van der Waals surface area (Å²) >= 11 is 0. The number of ether oxygens (including phenoxy) is 1. The van der Waals surface area contributed by atoms with Crippen molar-refractivity contribution >= 4 is 37.8 Å². The van der Waals surface area contributed by atoms with Crippen molar-refractivity contribution in [2.24, 2.45) is 13.0 Å². The first kappa shape index (κ1) is 29.8. The molecular formula is C33H40N8O3S. The summed E-state index contributed by atoms with van der Waals surface area (Å²) in [5, 5.41) is 9.66. The van der Waals surface area contributed by atoms with Gasteiger partial charge in [0, 0.05) is 83.4 Å². The Bertz CT molecular complexity index is 1920. The number of benzene rings is 2. The molecule has 0 unspecified atom stereocenters. The van der Waals surface area contributed by atoms with Crippen molar-refractivity contribution in [3.05, 3.63) is 72.1 Å². The topological polar surface area (TPSA) is 102 Å². The second kappa shape index (κ2) is 11.8. The van der Waals surface area contributed by atoms with Gasteiger partial charge in [0.15, 0.2) is 0 Å². The minimum atomic E-state index is -3.44. The average Bonchev–Trinajstić information content (AvgIpc) is 3.57. The molecule has 2 saturated heterocycles. The van der Waals surface area contributed by atoms with Crippen LogP contribution in [-0.4, -0.2) is 95.1 Å². The normalized spacial score (nSPS) is 17.9. The van der Waals surface area contributed by atoms with E-state index in [1.54, 1.807) is 18.4 Å². The molecular weight excluding hydrogens is 588 g/mol. The van der Waals surface area contributed by atoms with Crippen molar-refractivity contribution < 1.29 is 13.2 Å². The van der Waals surface area contributed by atoms with E-state index >= 15 is 0 Å². The average molecular weight is 629 g/mol. The van der Waals surface area contributed by atoms with Gasteiger partial charge in [0.25, 0.3) is 10.2 Å². The number of rotatable bonds is 7. The molecule has 1 atom stereocenters. The van der Waals surface area contributed by atoms with Crippen LogP contribution in [0.5, 0.6) is 0 Å². The summed E-state index contributed by atoms with van der Waals surface area (Å²) in [6.07, 6.45) is 3.88. The second-order valence-corrected chi connectivity index (χ2v) is 14.4. The van der Waals surface area contributed by atoms with E-state index in [-0.39, 0.29) is 6.04 Å². The number of fused-ring (bicyclic) bond motifs is 3. The van der Waals surface area contributed by atoms with Crippen LogP contribution in [0.3, 0.4) is 0 Å². The number of hydrogen-bond acceptors (Lipinski definition) is 7. The fourth-order valence-electron chi connectivity index (χ4n) is 7.10. The Morgan fingerprint density at radius 1 is 0.956 bits per heavy atom. The lowest BCUT2D eigenvalue weighted by atomic mass is 9.86. The predicted octanol–water partition coefficient (Wildman–Crippen LogP) is 4.24. The molecule has 2 aromatic carbocycles. The molecule has 0 saturated carbocycles. The van der Waals surface area contributed by atoms with Crippen molar-refractivity contribution in [2.75, 3.05) is 58.4 Å². The van der Waals surface area contributed by atoms with Crippen molar-refractivity contribution in [3.8, 4) is 11.3 Å². The van der Waals surface area contributed by atoms with Gasteiger partial charge in [-0.05, 0) is 55.5 Å². The van der Waals surface area contributed by atoms with Crippen LogP contribution < -0.4 is 4.90 Å². The van der Waals surface area contributed by atoms with Gasteiger partial charge in [0.2, 0.25) is 0 Å². The first-order valence-corrected chi connectivity index (χ1v) is 17.0. The van der Waals surface area contributed by atoms with E-state index in [1.165, 1.54) is 9.87 Å². The van der Waals surface area contributed by atoms with Crippen LogP contribution in [-0.2, 0) is 22.0 Å². The lowest BCUT2D eigenvalue weighted by Crippen LogP contribution is -2.51. The first-order valence-electron chi connectivity index (χ1n) is 15.6. The maximum absolute atomic E-state index is 12.8. The van der Waals surface area contributed by atoms with Crippen molar-refractivity contribution in [1.29, 1.82) is 0 Å². The van der Waals surface area contributed by atoms with Crippen LogP contribution in [0.25, 0.3) is 33.2 Å². The molecule has 5 heterocycles. The highest BCUT2D eigenvalue weighted by Gasteiger charge is 2.32. The number of aryl methyl sites for hydroxylation is 2. The number of piperazine rings is 1. The van der Waals surface area contributed by atoms with Crippen molar-refractivity contribution in [1.82, 2.24) is 33.2 Å². The molecule has 0 radical (unpaired) electrons. The van der Waals surface area contributed by atoms with Gasteiger partial charge in [-0.15, -0.1) is 5.10 Å². The molecule has 2 fully saturated rings. The zero-order valence-electron chi connectivity index (χ0n) is 26.3. The van der Waals surface area contributed by atoms with Gasteiger partial charge < -0.3 is 14.2 Å². The highest BCUT2D eigenvalue weighted by atomic mass is 32.2. The maximum Gasteiger partial charge on any atom is 0.281 e. The lowest BCUT2D eigenvalue weighted by Gasteiger charge is -2.36. The van der Waals surface area contributed by atoms with E-state index in [0.717, 1.165) is 70.6 Å². The summed E-state index contributed by atoms with van der Waals surface area (Å²) in [6.45, 7) is 5.61. The highest BCUT2D eigenvalue weighted by molar-refractivity contribution is 7.86. The predicted molar refractivity (Wildman–Crippen MR) is 176 cm³/mol. The molecule has 0 N–H and O–H groups in total. The molecule has 236 valence electrons. The van der Waals surface area contributed by atoms with Gasteiger partial charge in [-0.2, -0.15) is 17.0 Å². The molecule has 11 nitrogen and oxygen atoms in total. The second-order valence-electron chi connectivity index (χ2n) is 12.3. The molecule has 0 aliphatic carbocycles. The molecule has 0 amide bonds. The van der Waals surface area contributed by atoms with Crippen LogP contribution in [0, 0.1) is 12.8 Å². The number of nitrogens with zero attached hydrogens (tertiary/aromatic N) is 8. The van der Waals surface area contributed by atoms with Crippen LogP contribution in [0.2, 0.25) is 0 Å². The molecule has 0 spiro atoms. The van der Waals surface area contributed by atoms with Gasteiger partial charge in [0.1, 0.15) is 0 Å². The zero-order valence-corrected chi connectivity index (χ0v) is 27.1. The number of pyridine rings is 1. The molecule has 45 heavy (non-hydrogen) atoms. The van der Waals surface area contributed by atoms with Gasteiger partial charge in [-0.1, -0.05) is 35.5 Å².